The van der Waals surface area contributed by atoms with Gasteiger partial charge in [-0.1, -0.05) is 0 Å². The Morgan fingerprint density at radius 1 is 1.43 bits per heavy atom. The second kappa shape index (κ2) is 2.96. The van der Waals surface area contributed by atoms with Gasteiger partial charge >= 0.3 is 0 Å². The lowest BCUT2D eigenvalue weighted by Crippen LogP contribution is -1.89. The quantitative estimate of drug-likeness (QED) is 0.705. The van der Waals surface area contributed by atoms with Crippen molar-refractivity contribution in [2.24, 2.45) is 0 Å². The van der Waals surface area contributed by atoms with Crippen LogP contribution in [-0.2, 0) is 9.05 Å². The molecule has 0 spiro atoms. The molecule has 0 amide bonds. The summed E-state index contributed by atoms with van der Waals surface area (Å²) >= 11 is 0. The maximum absolute atomic E-state index is 11.0. The molecule has 0 unspecified atom stereocenters. The molecular formula is C8H6ClNO3S. The third kappa shape index (κ3) is 1.60. The number of nitrogens with zero attached hydrogens (tertiary/aromatic N) is 1. The smallest absolute Gasteiger partial charge is 0.261 e. The molecule has 0 aliphatic heterocycles. The number of benzene rings is 1. The summed E-state index contributed by atoms with van der Waals surface area (Å²) in [6.07, 6.45) is 0. The molecule has 0 aliphatic rings. The van der Waals surface area contributed by atoms with Crippen molar-refractivity contribution >= 4 is 30.8 Å². The van der Waals surface area contributed by atoms with Crippen LogP contribution in [0.2, 0.25) is 0 Å². The molecule has 0 atom stereocenters. The van der Waals surface area contributed by atoms with E-state index in [9.17, 15) is 8.42 Å². The molecule has 0 bridgehead atoms. The van der Waals surface area contributed by atoms with Crippen molar-refractivity contribution in [1.82, 2.24) is 4.98 Å². The predicted octanol–water partition coefficient (Wildman–Crippen LogP) is 2.06. The van der Waals surface area contributed by atoms with Gasteiger partial charge in [-0.05, 0) is 18.2 Å². The van der Waals surface area contributed by atoms with Crippen LogP contribution in [0.4, 0.5) is 0 Å². The van der Waals surface area contributed by atoms with Gasteiger partial charge in [0.05, 0.1) is 4.90 Å². The van der Waals surface area contributed by atoms with Gasteiger partial charge in [0.2, 0.25) is 0 Å². The van der Waals surface area contributed by atoms with Crippen molar-refractivity contribution in [2.45, 2.75) is 11.8 Å². The molecule has 74 valence electrons. The lowest BCUT2D eigenvalue weighted by Gasteiger charge is -1.93. The normalized spacial score (nSPS) is 12.1. The highest BCUT2D eigenvalue weighted by Crippen LogP contribution is 2.21. The number of oxazole rings is 1. The lowest BCUT2D eigenvalue weighted by molar-refractivity contribution is 0.561. The van der Waals surface area contributed by atoms with Gasteiger partial charge in [-0.2, -0.15) is 0 Å². The first-order valence-corrected chi connectivity index (χ1v) is 6.09. The summed E-state index contributed by atoms with van der Waals surface area (Å²) < 4.78 is 27.2. The minimum Gasteiger partial charge on any atom is -0.441 e. The molecule has 6 heteroatoms. The number of halogens is 1. The first-order valence-electron chi connectivity index (χ1n) is 3.79. The number of hydrogen-bond donors (Lipinski definition) is 0. The first-order chi connectivity index (χ1) is 6.47. The van der Waals surface area contributed by atoms with Crippen LogP contribution in [0.3, 0.4) is 0 Å². The molecule has 1 aromatic carbocycles. The van der Waals surface area contributed by atoms with E-state index in [2.05, 4.69) is 4.98 Å². The summed E-state index contributed by atoms with van der Waals surface area (Å²) in [6.45, 7) is 1.69. The fraction of sp³-hybridized carbons (Fsp3) is 0.125. The molecule has 2 aromatic rings. The standard InChI is InChI=1S/C8H6ClNO3S/c1-5-10-7-4-6(14(9,11)12)2-3-8(7)13-5/h2-4H,1H3. The minimum atomic E-state index is -3.69. The Morgan fingerprint density at radius 3 is 2.79 bits per heavy atom. The lowest BCUT2D eigenvalue weighted by atomic mass is 10.3. The Bertz CT molecular complexity index is 588. The maximum Gasteiger partial charge on any atom is 0.261 e. The third-order valence-electron chi connectivity index (χ3n) is 1.75. The highest BCUT2D eigenvalue weighted by Gasteiger charge is 2.12. The zero-order valence-electron chi connectivity index (χ0n) is 7.19. The van der Waals surface area contributed by atoms with Gasteiger partial charge in [0.25, 0.3) is 9.05 Å². The van der Waals surface area contributed by atoms with E-state index in [4.69, 9.17) is 15.1 Å². The van der Waals surface area contributed by atoms with E-state index in [0.29, 0.717) is 17.0 Å². The minimum absolute atomic E-state index is 0.0277. The summed E-state index contributed by atoms with van der Waals surface area (Å²) in [5.41, 5.74) is 1.04. The summed E-state index contributed by atoms with van der Waals surface area (Å²) in [5, 5.41) is 0. The second-order valence-corrected chi connectivity index (χ2v) is 5.37. The van der Waals surface area contributed by atoms with Crippen molar-refractivity contribution in [3.63, 3.8) is 0 Å². The molecule has 0 radical (unpaired) electrons. The van der Waals surface area contributed by atoms with Crippen LogP contribution < -0.4 is 0 Å². The van der Waals surface area contributed by atoms with Crippen LogP contribution in [-0.4, -0.2) is 13.4 Å². The van der Waals surface area contributed by atoms with E-state index in [1.807, 2.05) is 0 Å². The predicted molar refractivity (Wildman–Crippen MR) is 51.8 cm³/mol. The SMILES string of the molecule is Cc1nc2cc(S(=O)(=O)Cl)ccc2o1. The summed E-state index contributed by atoms with van der Waals surface area (Å²) in [6, 6.07) is 4.30. The molecule has 0 saturated heterocycles. The fourth-order valence-corrected chi connectivity index (χ4v) is 1.95. The van der Waals surface area contributed by atoms with Gasteiger partial charge < -0.3 is 4.42 Å². The average Bonchev–Trinajstić information content (AvgIpc) is 2.41. The largest absolute Gasteiger partial charge is 0.441 e. The molecule has 14 heavy (non-hydrogen) atoms. The Balaban J connectivity index is 2.74. The second-order valence-electron chi connectivity index (χ2n) is 2.80. The topological polar surface area (TPSA) is 60.2 Å². The van der Waals surface area contributed by atoms with Crippen LogP contribution in [0.15, 0.2) is 27.5 Å². The van der Waals surface area contributed by atoms with Crippen LogP contribution in [0.5, 0.6) is 0 Å². The number of aromatic nitrogens is 1. The van der Waals surface area contributed by atoms with Crippen LogP contribution in [0.25, 0.3) is 11.1 Å². The zero-order valence-corrected chi connectivity index (χ0v) is 8.76. The number of aryl methyl sites for hydroxylation is 1. The molecular weight excluding hydrogens is 226 g/mol. The molecule has 0 aliphatic carbocycles. The van der Waals surface area contributed by atoms with Crippen LogP contribution in [0.1, 0.15) is 5.89 Å². The third-order valence-corrected chi connectivity index (χ3v) is 3.10. The van der Waals surface area contributed by atoms with Gasteiger partial charge in [-0.25, -0.2) is 13.4 Å². The van der Waals surface area contributed by atoms with Gasteiger partial charge in [0.1, 0.15) is 5.52 Å². The van der Waals surface area contributed by atoms with E-state index in [0.717, 1.165) is 0 Å². The number of hydrogen-bond acceptors (Lipinski definition) is 4. The van der Waals surface area contributed by atoms with E-state index >= 15 is 0 Å². The zero-order chi connectivity index (χ0) is 10.3. The Morgan fingerprint density at radius 2 is 2.14 bits per heavy atom. The molecule has 1 heterocycles. The van der Waals surface area contributed by atoms with E-state index < -0.39 is 9.05 Å². The molecule has 0 saturated carbocycles. The van der Waals surface area contributed by atoms with Crippen molar-refractivity contribution in [2.75, 3.05) is 0 Å². The van der Waals surface area contributed by atoms with Crippen LogP contribution in [0, 0.1) is 6.92 Å². The van der Waals surface area contributed by atoms with Crippen molar-refractivity contribution in [3.8, 4) is 0 Å². The molecule has 1 aromatic heterocycles. The number of fused-ring (bicyclic) bond motifs is 1. The van der Waals surface area contributed by atoms with Gasteiger partial charge in [0.15, 0.2) is 11.5 Å². The summed E-state index contributed by atoms with van der Waals surface area (Å²) in [4.78, 5) is 4.03. The maximum atomic E-state index is 11.0. The summed E-state index contributed by atoms with van der Waals surface area (Å²) in [5.74, 6) is 0.490. The van der Waals surface area contributed by atoms with E-state index in [1.165, 1.54) is 18.2 Å². The van der Waals surface area contributed by atoms with Crippen molar-refractivity contribution in [3.05, 3.63) is 24.1 Å². The molecule has 0 N–H and O–H groups in total. The molecule has 4 nitrogen and oxygen atoms in total. The van der Waals surface area contributed by atoms with Crippen molar-refractivity contribution < 1.29 is 12.8 Å². The molecule has 0 fully saturated rings. The Kier molecular flexibility index (Phi) is 2.01. The number of rotatable bonds is 1. The van der Waals surface area contributed by atoms with Gasteiger partial charge in [-0.3, -0.25) is 0 Å². The fourth-order valence-electron chi connectivity index (χ4n) is 1.17. The Labute approximate surface area is 84.9 Å². The van der Waals surface area contributed by atoms with Crippen molar-refractivity contribution in [1.29, 1.82) is 0 Å². The Hall–Kier alpha value is -1.07. The molecule has 2 rings (SSSR count). The van der Waals surface area contributed by atoms with Crippen LogP contribution >= 0.6 is 10.7 Å². The van der Waals surface area contributed by atoms with Gasteiger partial charge in [0, 0.05) is 17.6 Å². The van der Waals surface area contributed by atoms with E-state index in [-0.39, 0.29) is 4.90 Å². The van der Waals surface area contributed by atoms with Gasteiger partial charge in [-0.15, -0.1) is 0 Å². The average molecular weight is 232 g/mol. The monoisotopic (exact) mass is 231 g/mol. The first kappa shape index (κ1) is 9.48. The highest BCUT2D eigenvalue weighted by atomic mass is 35.7. The van der Waals surface area contributed by atoms with E-state index in [1.54, 1.807) is 6.92 Å². The highest BCUT2D eigenvalue weighted by molar-refractivity contribution is 8.13. The summed E-state index contributed by atoms with van der Waals surface area (Å²) in [7, 11) is 1.49.